The number of hydrogen-bond donors (Lipinski definition) is 2. The summed E-state index contributed by atoms with van der Waals surface area (Å²) >= 11 is 5.30. The van der Waals surface area contributed by atoms with E-state index in [0.717, 1.165) is 66.7 Å². The second-order valence-electron chi connectivity index (χ2n) is 10.3. The van der Waals surface area contributed by atoms with E-state index in [1.807, 2.05) is 68.4 Å². The number of fused-ring (bicyclic) bond motifs is 1. The van der Waals surface area contributed by atoms with Crippen LogP contribution in [0.1, 0.15) is 60.9 Å². The normalized spacial score (nSPS) is 10.9. The summed E-state index contributed by atoms with van der Waals surface area (Å²) in [6, 6.07) is 19.5. The van der Waals surface area contributed by atoms with Crippen molar-refractivity contribution in [2.24, 2.45) is 0 Å². The van der Waals surface area contributed by atoms with E-state index in [1.54, 1.807) is 0 Å². The first kappa shape index (κ1) is 45.7. The fraction of sp³-hybridized carbons (Fsp3) is 0.472. The number of thiocarbonyl (C=S) groups is 1. The molecule has 2 N–H and O–H groups in total. The van der Waals surface area contributed by atoms with Crippen molar-refractivity contribution in [3.63, 3.8) is 0 Å². The Morgan fingerprint density at radius 1 is 0.667 bits per heavy atom. The molecule has 256 valence electrons. The summed E-state index contributed by atoms with van der Waals surface area (Å²) in [5.41, 5.74) is 4.26. The first-order valence-corrected chi connectivity index (χ1v) is 16.6. The van der Waals surface area contributed by atoms with Crippen LogP contribution in [0.3, 0.4) is 0 Å². The Bertz CT molecular complexity index is 1240. The molecule has 0 spiro atoms. The molecule has 3 aromatic carbocycles. The average Bonchev–Trinajstić information content (AvgIpc) is 3.52. The number of hydrogen-bond acceptors (Lipinski definition) is 8. The van der Waals surface area contributed by atoms with Gasteiger partial charge >= 0.3 is 103 Å². The van der Waals surface area contributed by atoms with Crippen molar-refractivity contribution in [1.29, 1.82) is 0 Å². The van der Waals surface area contributed by atoms with Crippen molar-refractivity contribution in [2.75, 3.05) is 63.7 Å². The molecule has 1 aliphatic heterocycles. The molecular formula is C36H52K2N2O7S. The Kier molecular flexibility index (Phi) is 27.0. The summed E-state index contributed by atoms with van der Waals surface area (Å²) in [4.78, 5) is 0. The summed E-state index contributed by atoms with van der Waals surface area (Å²) in [5.74, 6) is 3.35. The van der Waals surface area contributed by atoms with E-state index in [2.05, 4.69) is 30.5 Å². The number of anilines is 2. The van der Waals surface area contributed by atoms with Crippen LogP contribution in [0.15, 0.2) is 60.7 Å². The van der Waals surface area contributed by atoms with Gasteiger partial charge in [0.2, 0.25) is 6.79 Å². The van der Waals surface area contributed by atoms with Crippen LogP contribution in [0.25, 0.3) is 0 Å². The molecule has 9 nitrogen and oxygen atoms in total. The van der Waals surface area contributed by atoms with Crippen LogP contribution in [-0.2, 0) is 27.2 Å². The van der Waals surface area contributed by atoms with Crippen LogP contribution in [0.5, 0.6) is 23.0 Å². The molecule has 3 aromatic rings. The zero-order valence-corrected chi connectivity index (χ0v) is 36.8. The van der Waals surface area contributed by atoms with E-state index in [-0.39, 0.29) is 106 Å². The second kappa shape index (κ2) is 28.3. The Morgan fingerprint density at radius 2 is 1.15 bits per heavy atom. The number of ether oxygens (including phenoxy) is 7. The molecule has 0 atom stereocenters. The minimum atomic E-state index is 0. The third-order valence-electron chi connectivity index (χ3n) is 6.70. The molecule has 0 aliphatic carbocycles. The zero-order chi connectivity index (χ0) is 32.8. The van der Waals surface area contributed by atoms with Crippen molar-refractivity contribution in [3.05, 3.63) is 71.8 Å². The van der Waals surface area contributed by atoms with Gasteiger partial charge in [0.15, 0.2) is 16.6 Å². The predicted octanol–water partition coefficient (Wildman–Crippen LogP) is 2.24. The van der Waals surface area contributed by atoms with Crippen LogP contribution in [0.2, 0.25) is 0 Å². The summed E-state index contributed by atoms with van der Waals surface area (Å²) in [7, 11) is 0. The molecule has 0 saturated carbocycles. The Morgan fingerprint density at radius 3 is 1.62 bits per heavy atom. The first-order chi connectivity index (χ1) is 22.6. The van der Waals surface area contributed by atoms with Gasteiger partial charge in [-0.05, 0) is 111 Å². The maximum absolute atomic E-state index is 5.75. The van der Waals surface area contributed by atoms with Crippen molar-refractivity contribution >= 4 is 28.7 Å². The fourth-order valence-corrected chi connectivity index (χ4v) is 4.66. The van der Waals surface area contributed by atoms with E-state index in [4.69, 9.17) is 45.4 Å². The second-order valence-corrected chi connectivity index (χ2v) is 10.8. The Labute approximate surface area is 380 Å². The molecular weight excluding hydrogens is 683 g/mol. The van der Waals surface area contributed by atoms with Gasteiger partial charge in [0.25, 0.3) is 0 Å². The quantitative estimate of drug-likeness (QED) is 0.109. The van der Waals surface area contributed by atoms with Crippen LogP contribution >= 0.6 is 12.2 Å². The Balaban J connectivity index is 0. The zero-order valence-electron chi connectivity index (χ0n) is 31.7. The molecule has 0 aromatic heterocycles. The molecule has 4 rings (SSSR count). The van der Waals surface area contributed by atoms with E-state index in [1.165, 1.54) is 11.1 Å². The minimum Gasteiger partial charge on any atom is -1.00 e. The van der Waals surface area contributed by atoms with Crippen molar-refractivity contribution in [1.82, 2.24) is 0 Å². The summed E-state index contributed by atoms with van der Waals surface area (Å²) in [5, 5.41) is 6.80. The monoisotopic (exact) mass is 734 g/mol. The van der Waals surface area contributed by atoms with Gasteiger partial charge in [-0.3, -0.25) is 0 Å². The number of nitrogens with one attached hydrogen (secondary N) is 2. The molecule has 0 unspecified atom stereocenters. The van der Waals surface area contributed by atoms with E-state index >= 15 is 0 Å². The van der Waals surface area contributed by atoms with Gasteiger partial charge in [0, 0.05) is 18.0 Å². The molecule has 48 heavy (non-hydrogen) atoms. The third-order valence-corrected chi connectivity index (χ3v) is 6.91. The largest absolute Gasteiger partial charge is 1.00 e. The van der Waals surface area contributed by atoms with Gasteiger partial charge in [-0.15, -0.1) is 0 Å². The molecule has 0 fully saturated rings. The maximum Gasteiger partial charge on any atom is 1.00 e. The van der Waals surface area contributed by atoms with Gasteiger partial charge in [-0.25, -0.2) is 0 Å². The molecule has 0 saturated heterocycles. The van der Waals surface area contributed by atoms with Crippen molar-refractivity contribution in [3.8, 4) is 23.0 Å². The standard InChI is InChI=1S/C19H30O5.C17H20N2O2S.2K.2H/c1-3-5-7-20-8-9-21-10-11-22-14-17-13-19-18(23-15-24-19)12-16(17)6-4-2;1-3-20-15-9-5-13(6-10-15)18-17(22)19-14-7-11-16(12-8-14)21-4-2;;;;/h12-13H,3-11,14-15H2,1-2H3;5-12H,3-4H2,1-2H3,(H2,18,19,22);;;;/q;;2*+1;2*-1. The topological polar surface area (TPSA) is 88.7 Å². The number of aryl methyl sites for hydroxylation is 1. The average molecular weight is 735 g/mol. The van der Waals surface area contributed by atoms with E-state index in [0.29, 0.717) is 58.2 Å². The predicted molar refractivity (Wildman–Crippen MR) is 190 cm³/mol. The summed E-state index contributed by atoms with van der Waals surface area (Å²) in [6.07, 6.45) is 4.38. The molecule has 0 bridgehead atoms. The van der Waals surface area contributed by atoms with E-state index in [9.17, 15) is 0 Å². The SMILES string of the molecule is CCCCOCCOCCOCc1cc2c(cc1CCC)OCO2.CCOc1ccc(NC(=S)Nc2ccc(OCC)cc2)cc1.[H-].[H-].[K+].[K+]. The minimum absolute atomic E-state index is 0. The molecule has 1 aliphatic rings. The van der Waals surface area contributed by atoms with Crippen molar-refractivity contribution in [2.45, 2.75) is 60.0 Å². The van der Waals surface area contributed by atoms with E-state index < -0.39 is 0 Å². The van der Waals surface area contributed by atoms with Crippen LogP contribution in [-0.4, -0.2) is 58.2 Å². The van der Waals surface area contributed by atoms with Gasteiger partial charge in [0.05, 0.1) is 46.2 Å². The van der Waals surface area contributed by atoms with Gasteiger partial charge in [-0.2, -0.15) is 0 Å². The smallest absolute Gasteiger partial charge is 1.00 e. The van der Waals surface area contributed by atoms with Crippen LogP contribution < -0.4 is 132 Å². The molecule has 1 heterocycles. The van der Waals surface area contributed by atoms with Gasteiger partial charge < -0.3 is 46.6 Å². The maximum atomic E-state index is 5.75. The number of unbranched alkanes of at least 4 members (excludes halogenated alkanes) is 1. The molecule has 0 amide bonds. The first-order valence-electron chi connectivity index (χ1n) is 16.2. The summed E-state index contributed by atoms with van der Waals surface area (Å²) in [6.45, 7) is 13.7. The Hall–Kier alpha value is -0.297. The summed E-state index contributed by atoms with van der Waals surface area (Å²) < 4.78 is 38.4. The fourth-order valence-electron chi connectivity index (χ4n) is 4.43. The van der Waals surface area contributed by atoms with Crippen LogP contribution in [0.4, 0.5) is 11.4 Å². The molecule has 12 heteroatoms. The van der Waals surface area contributed by atoms with Gasteiger partial charge in [0.1, 0.15) is 11.5 Å². The number of rotatable bonds is 19. The number of benzene rings is 3. The van der Waals surface area contributed by atoms with Gasteiger partial charge in [-0.1, -0.05) is 26.7 Å². The molecule has 0 radical (unpaired) electrons. The van der Waals surface area contributed by atoms with Crippen LogP contribution in [0, 0.1) is 0 Å². The van der Waals surface area contributed by atoms with Crippen molar-refractivity contribution < 1.29 is 139 Å². The third kappa shape index (κ3) is 18.3.